The molecule has 4 nitrogen and oxygen atoms in total. The van der Waals surface area contributed by atoms with Gasteiger partial charge in [0.1, 0.15) is 0 Å². The van der Waals surface area contributed by atoms with Crippen molar-refractivity contribution in [2.75, 3.05) is 19.2 Å². The zero-order valence-corrected chi connectivity index (χ0v) is 12.6. The van der Waals surface area contributed by atoms with Gasteiger partial charge in [-0.3, -0.25) is 0 Å². The molecule has 0 saturated heterocycles. The summed E-state index contributed by atoms with van der Waals surface area (Å²) in [4.78, 5) is 0. The molecule has 0 aromatic heterocycles. The van der Waals surface area contributed by atoms with E-state index in [1.54, 1.807) is 7.11 Å². The maximum Gasteiger partial charge on any atom is 0.231 e. The second-order valence-electron chi connectivity index (χ2n) is 5.72. The molecule has 0 spiro atoms. The Balaban J connectivity index is 1.52. The van der Waals surface area contributed by atoms with E-state index < -0.39 is 0 Å². The monoisotopic (exact) mass is 297 g/mol. The minimum atomic E-state index is 0.257. The first kappa shape index (κ1) is 13.3. The Kier molecular flexibility index (Phi) is 3.29. The predicted molar refractivity (Wildman–Crippen MR) is 84.9 cm³/mol. The van der Waals surface area contributed by atoms with Gasteiger partial charge in [-0.2, -0.15) is 0 Å². The highest BCUT2D eigenvalue weighted by molar-refractivity contribution is 5.56. The van der Waals surface area contributed by atoms with Crippen molar-refractivity contribution in [3.63, 3.8) is 0 Å². The highest BCUT2D eigenvalue weighted by Crippen LogP contribution is 2.41. The lowest BCUT2D eigenvalue weighted by atomic mass is 10.1. The Hall–Kier alpha value is -2.36. The van der Waals surface area contributed by atoms with Gasteiger partial charge in [0, 0.05) is 12.2 Å². The van der Waals surface area contributed by atoms with E-state index in [1.165, 1.54) is 30.4 Å². The summed E-state index contributed by atoms with van der Waals surface area (Å²) in [7, 11) is 1.65. The molecule has 0 atom stereocenters. The lowest BCUT2D eigenvalue weighted by Crippen LogP contribution is -2.01. The van der Waals surface area contributed by atoms with Crippen molar-refractivity contribution in [3.8, 4) is 17.2 Å². The van der Waals surface area contributed by atoms with Gasteiger partial charge < -0.3 is 19.5 Å². The fraction of sp³-hybridized carbons (Fsp3) is 0.333. The van der Waals surface area contributed by atoms with E-state index in [1.807, 2.05) is 12.1 Å². The number of benzene rings is 2. The molecule has 0 radical (unpaired) electrons. The summed E-state index contributed by atoms with van der Waals surface area (Å²) in [6.45, 7) is 0.985. The number of ether oxygens (including phenoxy) is 3. The molecule has 114 valence electrons. The van der Waals surface area contributed by atoms with Crippen LogP contribution in [0.3, 0.4) is 0 Å². The molecular formula is C18H19NO3. The Bertz CT molecular complexity index is 712. The molecule has 22 heavy (non-hydrogen) atoms. The van der Waals surface area contributed by atoms with Crippen LogP contribution in [0.1, 0.15) is 23.1 Å². The van der Waals surface area contributed by atoms with Crippen LogP contribution in [0.2, 0.25) is 0 Å². The molecular weight excluding hydrogens is 278 g/mol. The number of rotatable bonds is 4. The second kappa shape index (κ2) is 5.44. The molecule has 2 aromatic rings. The zero-order chi connectivity index (χ0) is 14.9. The highest BCUT2D eigenvalue weighted by atomic mass is 16.7. The molecule has 1 N–H and O–H groups in total. The molecule has 0 fully saturated rings. The van der Waals surface area contributed by atoms with Gasteiger partial charge in [0.2, 0.25) is 12.5 Å². The molecule has 1 aliphatic heterocycles. The molecule has 0 unspecified atom stereocenters. The summed E-state index contributed by atoms with van der Waals surface area (Å²) in [5.74, 6) is 2.18. The summed E-state index contributed by atoms with van der Waals surface area (Å²) in [5.41, 5.74) is 5.25. The van der Waals surface area contributed by atoms with E-state index >= 15 is 0 Å². The van der Waals surface area contributed by atoms with E-state index in [-0.39, 0.29) is 6.79 Å². The summed E-state index contributed by atoms with van der Waals surface area (Å²) in [5, 5.41) is 3.48. The van der Waals surface area contributed by atoms with Crippen LogP contribution >= 0.6 is 0 Å². The largest absolute Gasteiger partial charge is 0.493 e. The van der Waals surface area contributed by atoms with E-state index in [0.717, 1.165) is 29.3 Å². The zero-order valence-electron chi connectivity index (χ0n) is 12.6. The lowest BCUT2D eigenvalue weighted by molar-refractivity contribution is 0.171. The van der Waals surface area contributed by atoms with Gasteiger partial charge in [-0.15, -0.1) is 0 Å². The Morgan fingerprint density at radius 3 is 2.91 bits per heavy atom. The van der Waals surface area contributed by atoms with Crippen LogP contribution in [-0.2, 0) is 19.4 Å². The number of anilines is 1. The van der Waals surface area contributed by atoms with Crippen molar-refractivity contribution in [2.24, 2.45) is 0 Å². The Labute approximate surface area is 130 Å². The van der Waals surface area contributed by atoms with Crippen LogP contribution in [0.4, 0.5) is 5.69 Å². The molecule has 2 aromatic carbocycles. The smallest absolute Gasteiger partial charge is 0.231 e. The normalized spacial score (nSPS) is 14.8. The third kappa shape index (κ3) is 2.34. The first-order chi connectivity index (χ1) is 10.8. The highest BCUT2D eigenvalue weighted by Gasteiger charge is 2.20. The number of hydrogen-bond acceptors (Lipinski definition) is 4. The van der Waals surface area contributed by atoms with Crippen molar-refractivity contribution in [2.45, 2.75) is 25.8 Å². The number of nitrogens with one attached hydrogen (secondary N) is 1. The van der Waals surface area contributed by atoms with Crippen molar-refractivity contribution < 1.29 is 14.2 Å². The van der Waals surface area contributed by atoms with Crippen LogP contribution in [0.25, 0.3) is 0 Å². The predicted octanol–water partition coefficient (Wildman–Crippen LogP) is 3.52. The topological polar surface area (TPSA) is 39.7 Å². The molecule has 1 heterocycles. The van der Waals surface area contributed by atoms with Gasteiger partial charge in [-0.25, -0.2) is 0 Å². The van der Waals surface area contributed by atoms with Gasteiger partial charge in [0.05, 0.1) is 7.11 Å². The molecule has 4 rings (SSSR count). The van der Waals surface area contributed by atoms with Crippen molar-refractivity contribution >= 4 is 5.69 Å². The van der Waals surface area contributed by atoms with Crippen molar-refractivity contribution in [3.05, 3.63) is 47.0 Å². The third-order valence-corrected chi connectivity index (χ3v) is 4.31. The van der Waals surface area contributed by atoms with Gasteiger partial charge in [-0.05, 0) is 60.2 Å². The van der Waals surface area contributed by atoms with E-state index in [4.69, 9.17) is 14.2 Å². The molecule has 0 amide bonds. The molecule has 0 bridgehead atoms. The number of aryl methyl sites for hydroxylation is 2. The molecule has 4 heteroatoms. The average Bonchev–Trinajstić information content (AvgIpc) is 3.20. The van der Waals surface area contributed by atoms with Crippen molar-refractivity contribution in [1.29, 1.82) is 0 Å². The minimum absolute atomic E-state index is 0.257. The van der Waals surface area contributed by atoms with Gasteiger partial charge in [0.15, 0.2) is 11.5 Å². The Morgan fingerprint density at radius 2 is 2.00 bits per heavy atom. The molecule has 1 aliphatic carbocycles. The summed E-state index contributed by atoms with van der Waals surface area (Å²) in [6, 6.07) is 10.7. The average molecular weight is 297 g/mol. The standard InChI is InChI=1S/C18H19NO3/c1-20-16-7-12(8-17-18(16)22-11-21-17)10-19-15-6-5-13-3-2-4-14(13)9-15/h5-9,19H,2-4,10-11H2,1H3. The summed E-state index contributed by atoms with van der Waals surface area (Å²) in [6.07, 6.45) is 3.69. The maximum atomic E-state index is 5.46. The van der Waals surface area contributed by atoms with Crippen LogP contribution in [-0.4, -0.2) is 13.9 Å². The molecule has 2 aliphatic rings. The van der Waals surface area contributed by atoms with E-state index in [0.29, 0.717) is 5.75 Å². The van der Waals surface area contributed by atoms with E-state index in [9.17, 15) is 0 Å². The SMILES string of the molecule is COc1cc(CNc2ccc3c(c2)CCC3)cc2c1OCO2. The quantitative estimate of drug-likeness (QED) is 0.937. The number of fused-ring (bicyclic) bond motifs is 2. The summed E-state index contributed by atoms with van der Waals surface area (Å²) < 4.78 is 16.3. The van der Waals surface area contributed by atoms with Crippen LogP contribution < -0.4 is 19.5 Å². The van der Waals surface area contributed by atoms with Crippen LogP contribution in [0.15, 0.2) is 30.3 Å². The van der Waals surface area contributed by atoms with Gasteiger partial charge in [0.25, 0.3) is 0 Å². The number of hydrogen-bond donors (Lipinski definition) is 1. The van der Waals surface area contributed by atoms with Gasteiger partial charge in [-0.1, -0.05) is 6.07 Å². The van der Waals surface area contributed by atoms with Crippen LogP contribution in [0.5, 0.6) is 17.2 Å². The first-order valence-corrected chi connectivity index (χ1v) is 7.65. The first-order valence-electron chi connectivity index (χ1n) is 7.65. The Morgan fingerprint density at radius 1 is 1.09 bits per heavy atom. The fourth-order valence-corrected chi connectivity index (χ4v) is 3.17. The van der Waals surface area contributed by atoms with Gasteiger partial charge >= 0.3 is 0 Å². The fourth-order valence-electron chi connectivity index (χ4n) is 3.17. The number of methoxy groups -OCH3 is 1. The third-order valence-electron chi connectivity index (χ3n) is 4.31. The lowest BCUT2D eigenvalue weighted by Gasteiger charge is -2.11. The minimum Gasteiger partial charge on any atom is -0.493 e. The summed E-state index contributed by atoms with van der Waals surface area (Å²) >= 11 is 0. The van der Waals surface area contributed by atoms with Crippen molar-refractivity contribution in [1.82, 2.24) is 0 Å². The maximum absolute atomic E-state index is 5.46. The van der Waals surface area contributed by atoms with Crippen LogP contribution in [0, 0.1) is 0 Å². The van der Waals surface area contributed by atoms with E-state index in [2.05, 4.69) is 23.5 Å². The second-order valence-corrected chi connectivity index (χ2v) is 5.72. The molecule has 0 saturated carbocycles.